The molecular formula is C22H25N3O2. The van der Waals surface area contributed by atoms with E-state index in [-0.39, 0.29) is 0 Å². The predicted molar refractivity (Wildman–Crippen MR) is 108 cm³/mol. The van der Waals surface area contributed by atoms with Crippen molar-refractivity contribution < 1.29 is 9.47 Å². The van der Waals surface area contributed by atoms with Crippen LogP contribution >= 0.6 is 0 Å². The van der Waals surface area contributed by atoms with Gasteiger partial charge in [0, 0.05) is 13.1 Å². The molecule has 1 aliphatic heterocycles. The van der Waals surface area contributed by atoms with Crippen molar-refractivity contribution in [3.8, 4) is 11.6 Å². The lowest BCUT2D eigenvalue weighted by atomic mass is 9.98. The monoisotopic (exact) mass is 363 g/mol. The Morgan fingerprint density at radius 1 is 1.00 bits per heavy atom. The van der Waals surface area contributed by atoms with Gasteiger partial charge in [0.25, 0.3) is 5.88 Å². The molecule has 0 spiro atoms. The molecule has 0 aliphatic carbocycles. The number of morpholine rings is 1. The fourth-order valence-electron chi connectivity index (χ4n) is 3.33. The van der Waals surface area contributed by atoms with Crippen LogP contribution in [-0.4, -0.2) is 36.3 Å². The first-order valence-corrected chi connectivity index (χ1v) is 9.62. The third-order valence-corrected chi connectivity index (χ3v) is 5.10. The van der Waals surface area contributed by atoms with E-state index in [1.807, 2.05) is 36.4 Å². The zero-order chi connectivity index (χ0) is 18.6. The number of benzene rings is 2. The number of aromatic nitrogens is 2. The number of hydrogen-bond acceptors (Lipinski definition) is 5. The van der Waals surface area contributed by atoms with E-state index in [4.69, 9.17) is 19.4 Å². The lowest BCUT2D eigenvalue weighted by molar-refractivity contribution is 0.122. The Morgan fingerprint density at radius 2 is 1.67 bits per heavy atom. The lowest BCUT2D eigenvalue weighted by Gasteiger charge is -2.29. The van der Waals surface area contributed by atoms with Crippen molar-refractivity contribution in [2.45, 2.75) is 26.2 Å². The summed E-state index contributed by atoms with van der Waals surface area (Å²) in [5.41, 5.74) is 2.91. The highest BCUT2D eigenvalue weighted by atomic mass is 16.5. The zero-order valence-corrected chi connectivity index (χ0v) is 15.9. The van der Waals surface area contributed by atoms with E-state index in [1.165, 1.54) is 5.56 Å². The van der Waals surface area contributed by atoms with Crippen LogP contribution in [0.3, 0.4) is 0 Å². The number of ether oxygens (including phenoxy) is 2. The van der Waals surface area contributed by atoms with E-state index in [0.29, 0.717) is 25.0 Å². The summed E-state index contributed by atoms with van der Waals surface area (Å²) in [4.78, 5) is 11.9. The summed E-state index contributed by atoms with van der Waals surface area (Å²) >= 11 is 0. The van der Waals surface area contributed by atoms with E-state index < -0.39 is 0 Å². The smallest absolute Gasteiger partial charge is 0.263 e. The molecule has 27 heavy (non-hydrogen) atoms. The summed E-state index contributed by atoms with van der Waals surface area (Å²) < 4.78 is 11.9. The number of fused-ring (bicyclic) bond motifs is 1. The predicted octanol–water partition coefficient (Wildman–Crippen LogP) is 4.77. The molecule has 2 heterocycles. The van der Waals surface area contributed by atoms with E-state index >= 15 is 0 Å². The summed E-state index contributed by atoms with van der Waals surface area (Å²) in [6.07, 6.45) is 1.06. The minimum Gasteiger partial charge on any atom is -0.436 e. The molecule has 4 rings (SSSR count). The quantitative estimate of drug-likeness (QED) is 0.653. The highest BCUT2D eigenvalue weighted by Gasteiger charge is 2.21. The van der Waals surface area contributed by atoms with Gasteiger partial charge in [0.2, 0.25) is 0 Å². The number of para-hydroxylation sites is 3. The van der Waals surface area contributed by atoms with Gasteiger partial charge in [-0.1, -0.05) is 44.2 Å². The Hall–Kier alpha value is -2.66. The van der Waals surface area contributed by atoms with Crippen LogP contribution in [0.5, 0.6) is 11.6 Å². The van der Waals surface area contributed by atoms with Crippen LogP contribution < -0.4 is 9.64 Å². The molecule has 3 aromatic rings. The van der Waals surface area contributed by atoms with Gasteiger partial charge in [0.1, 0.15) is 5.75 Å². The summed E-state index contributed by atoms with van der Waals surface area (Å²) in [7, 11) is 0. The molecule has 2 aromatic carbocycles. The van der Waals surface area contributed by atoms with Crippen molar-refractivity contribution in [1.82, 2.24) is 9.97 Å². The molecule has 0 N–H and O–H groups in total. The van der Waals surface area contributed by atoms with E-state index in [2.05, 4.69) is 30.9 Å². The highest BCUT2D eigenvalue weighted by molar-refractivity contribution is 5.77. The maximum atomic E-state index is 6.37. The highest BCUT2D eigenvalue weighted by Crippen LogP contribution is 2.35. The number of hydrogen-bond donors (Lipinski definition) is 0. The van der Waals surface area contributed by atoms with Crippen LogP contribution in [0, 0.1) is 0 Å². The molecular weight excluding hydrogens is 338 g/mol. The van der Waals surface area contributed by atoms with Gasteiger partial charge >= 0.3 is 0 Å². The van der Waals surface area contributed by atoms with Gasteiger partial charge in [0.15, 0.2) is 5.82 Å². The van der Waals surface area contributed by atoms with Gasteiger partial charge in [-0.25, -0.2) is 9.97 Å². The molecule has 0 saturated carbocycles. The van der Waals surface area contributed by atoms with Gasteiger partial charge in [-0.15, -0.1) is 0 Å². The standard InChI is InChI=1S/C22H25N3O2/c1-3-16(2)17-8-4-7-11-20(17)27-22-21(25-12-14-26-15-13-25)23-18-9-5-6-10-19(18)24-22/h4-11,16H,3,12-15H2,1-2H3. The third kappa shape index (κ3) is 3.74. The number of anilines is 1. The maximum Gasteiger partial charge on any atom is 0.263 e. The Kier molecular flexibility index (Phi) is 5.21. The fraction of sp³-hybridized carbons (Fsp3) is 0.364. The van der Waals surface area contributed by atoms with Crippen molar-refractivity contribution >= 4 is 16.9 Å². The van der Waals surface area contributed by atoms with Crippen LogP contribution in [0.15, 0.2) is 48.5 Å². The van der Waals surface area contributed by atoms with Crippen molar-refractivity contribution in [2.75, 3.05) is 31.2 Å². The zero-order valence-electron chi connectivity index (χ0n) is 15.9. The first-order valence-electron chi connectivity index (χ1n) is 9.62. The first-order chi connectivity index (χ1) is 13.3. The van der Waals surface area contributed by atoms with Gasteiger partial charge < -0.3 is 14.4 Å². The lowest BCUT2D eigenvalue weighted by Crippen LogP contribution is -2.37. The topological polar surface area (TPSA) is 47.5 Å². The SMILES string of the molecule is CCC(C)c1ccccc1Oc1nc2ccccc2nc1N1CCOCC1. The Bertz CT molecular complexity index is 922. The fourth-order valence-corrected chi connectivity index (χ4v) is 3.33. The van der Waals surface area contributed by atoms with Crippen LogP contribution in [0.4, 0.5) is 5.82 Å². The van der Waals surface area contributed by atoms with Crippen molar-refractivity contribution in [3.63, 3.8) is 0 Å². The number of rotatable bonds is 5. The molecule has 5 heteroatoms. The van der Waals surface area contributed by atoms with Crippen LogP contribution in [-0.2, 0) is 4.74 Å². The second kappa shape index (κ2) is 7.92. The van der Waals surface area contributed by atoms with Crippen molar-refractivity contribution in [1.29, 1.82) is 0 Å². The van der Waals surface area contributed by atoms with Gasteiger partial charge in [-0.3, -0.25) is 0 Å². The minimum atomic E-state index is 0.418. The normalized spacial score (nSPS) is 15.7. The van der Waals surface area contributed by atoms with E-state index in [1.54, 1.807) is 0 Å². The minimum absolute atomic E-state index is 0.418. The molecule has 0 amide bonds. The molecule has 1 atom stereocenters. The van der Waals surface area contributed by atoms with Crippen molar-refractivity contribution in [2.24, 2.45) is 0 Å². The number of nitrogens with zero attached hydrogens (tertiary/aromatic N) is 3. The largest absolute Gasteiger partial charge is 0.436 e. The Balaban J connectivity index is 1.78. The van der Waals surface area contributed by atoms with Crippen LogP contribution in [0.1, 0.15) is 31.7 Å². The summed E-state index contributed by atoms with van der Waals surface area (Å²) in [6, 6.07) is 16.1. The van der Waals surface area contributed by atoms with Gasteiger partial charge in [-0.2, -0.15) is 0 Å². The molecule has 0 bridgehead atoms. The Morgan fingerprint density at radius 3 is 2.41 bits per heavy atom. The maximum absolute atomic E-state index is 6.37. The Labute approximate surface area is 160 Å². The molecule has 0 radical (unpaired) electrons. The average molecular weight is 363 g/mol. The second-order valence-corrected chi connectivity index (χ2v) is 6.89. The first kappa shape index (κ1) is 17.7. The van der Waals surface area contributed by atoms with E-state index in [9.17, 15) is 0 Å². The van der Waals surface area contributed by atoms with Gasteiger partial charge in [0.05, 0.1) is 24.2 Å². The third-order valence-electron chi connectivity index (χ3n) is 5.10. The summed E-state index contributed by atoms with van der Waals surface area (Å²) in [5, 5.41) is 0. The molecule has 1 fully saturated rings. The summed E-state index contributed by atoms with van der Waals surface area (Å²) in [6.45, 7) is 7.37. The average Bonchev–Trinajstić information content (AvgIpc) is 2.73. The van der Waals surface area contributed by atoms with Crippen molar-refractivity contribution in [3.05, 3.63) is 54.1 Å². The molecule has 1 unspecified atom stereocenters. The second-order valence-electron chi connectivity index (χ2n) is 6.89. The molecule has 5 nitrogen and oxygen atoms in total. The van der Waals surface area contributed by atoms with Crippen LogP contribution in [0.25, 0.3) is 11.0 Å². The molecule has 1 saturated heterocycles. The summed E-state index contributed by atoms with van der Waals surface area (Å²) in [5.74, 6) is 2.62. The van der Waals surface area contributed by atoms with Crippen LogP contribution in [0.2, 0.25) is 0 Å². The van der Waals surface area contributed by atoms with E-state index in [0.717, 1.165) is 42.1 Å². The molecule has 140 valence electrons. The molecule has 1 aromatic heterocycles. The van der Waals surface area contributed by atoms with Gasteiger partial charge in [-0.05, 0) is 36.1 Å². The molecule has 1 aliphatic rings.